The summed E-state index contributed by atoms with van der Waals surface area (Å²) in [7, 11) is 0. The van der Waals surface area contributed by atoms with E-state index in [1.165, 1.54) is 0 Å². The first-order chi connectivity index (χ1) is 9.97. The molecule has 1 aliphatic rings. The number of carbonyl (C=O) groups is 1. The average Bonchev–Trinajstić information content (AvgIpc) is 2.44. The van der Waals surface area contributed by atoms with Crippen LogP contribution < -0.4 is 0 Å². The normalized spacial score (nSPS) is 18.6. The van der Waals surface area contributed by atoms with Crippen LogP contribution in [-0.4, -0.2) is 34.0 Å². The first-order valence-corrected chi connectivity index (χ1v) is 8.81. The number of aliphatic carboxylic acids is 1. The fraction of sp³-hybridized carbons (Fsp3) is 0.600. The lowest BCUT2D eigenvalue weighted by Crippen LogP contribution is -2.44. The number of hydrogen-bond acceptors (Lipinski definition) is 3. The lowest BCUT2D eigenvalue weighted by atomic mass is 9.75. The minimum Gasteiger partial charge on any atom is -0.481 e. The van der Waals surface area contributed by atoms with Crippen molar-refractivity contribution in [3.63, 3.8) is 0 Å². The Labute approximate surface area is 142 Å². The Kier molecular flexibility index (Phi) is 5.80. The number of halogens is 2. The molecule has 0 amide bonds. The molecule has 0 bridgehead atoms. The monoisotopic (exact) mass is 418 g/mol. The van der Waals surface area contributed by atoms with Gasteiger partial charge in [-0.3, -0.25) is 14.7 Å². The fourth-order valence-corrected chi connectivity index (χ4v) is 4.07. The molecule has 1 fully saturated rings. The van der Waals surface area contributed by atoms with Crippen LogP contribution in [0.4, 0.5) is 0 Å². The molecular formula is C15H20Br2N2O2. The van der Waals surface area contributed by atoms with Crippen LogP contribution in [0.2, 0.25) is 0 Å². The first-order valence-electron chi connectivity index (χ1n) is 7.22. The van der Waals surface area contributed by atoms with E-state index >= 15 is 0 Å². The lowest BCUT2D eigenvalue weighted by molar-refractivity contribution is -0.152. The van der Waals surface area contributed by atoms with Crippen LogP contribution in [0.5, 0.6) is 0 Å². The van der Waals surface area contributed by atoms with E-state index in [-0.39, 0.29) is 0 Å². The van der Waals surface area contributed by atoms with E-state index in [0.29, 0.717) is 0 Å². The third-order valence-electron chi connectivity index (χ3n) is 4.25. The summed E-state index contributed by atoms with van der Waals surface area (Å²) in [4.78, 5) is 18.3. The van der Waals surface area contributed by atoms with Crippen LogP contribution in [0.15, 0.2) is 21.2 Å². The van der Waals surface area contributed by atoms with Gasteiger partial charge in [0, 0.05) is 21.7 Å². The number of piperidine rings is 1. The van der Waals surface area contributed by atoms with Crippen molar-refractivity contribution in [2.75, 3.05) is 13.1 Å². The highest BCUT2D eigenvalue weighted by Gasteiger charge is 2.40. The van der Waals surface area contributed by atoms with E-state index in [1.807, 2.05) is 6.07 Å². The SMILES string of the molecule is CCCC1(C(=O)O)CCN(Cc2ncc(Br)cc2Br)CC1. The Balaban J connectivity index is 1.99. The topological polar surface area (TPSA) is 53.4 Å². The summed E-state index contributed by atoms with van der Waals surface area (Å²) in [6, 6.07) is 1.99. The van der Waals surface area contributed by atoms with Gasteiger partial charge in [0.15, 0.2) is 0 Å². The summed E-state index contributed by atoms with van der Waals surface area (Å²) in [5.74, 6) is -0.632. The number of pyridine rings is 1. The van der Waals surface area contributed by atoms with Gasteiger partial charge in [-0.15, -0.1) is 0 Å². The van der Waals surface area contributed by atoms with Crippen molar-refractivity contribution in [2.45, 2.75) is 39.2 Å². The maximum atomic E-state index is 11.6. The van der Waals surface area contributed by atoms with Gasteiger partial charge in [0.05, 0.1) is 11.1 Å². The van der Waals surface area contributed by atoms with E-state index in [4.69, 9.17) is 0 Å². The highest BCUT2D eigenvalue weighted by atomic mass is 79.9. The Hall–Kier alpha value is -0.460. The molecule has 116 valence electrons. The Morgan fingerprint density at radius 3 is 2.62 bits per heavy atom. The Morgan fingerprint density at radius 1 is 1.43 bits per heavy atom. The standard InChI is InChI=1S/C15H20Br2N2O2/c1-2-3-15(14(20)21)4-6-19(7-5-15)10-13-12(17)8-11(16)9-18-13/h8-9H,2-7,10H2,1H3,(H,20,21). The maximum absolute atomic E-state index is 11.6. The van der Waals surface area contributed by atoms with Crippen LogP contribution in [0, 0.1) is 5.41 Å². The van der Waals surface area contributed by atoms with Gasteiger partial charge in [-0.05, 0) is 70.3 Å². The molecule has 1 aromatic heterocycles. The predicted octanol–water partition coefficient (Wildman–Crippen LogP) is 4.07. The quantitative estimate of drug-likeness (QED) is 0.781. The van der Waals surface area contributed by atoms with Crippen molar-refractivity contribution in [3.05, 3.63) is 26.9 Å². The molecule has 6 heteroatoms. The molecule has 1 aromatic rings. The van der Waals surface area contributed by atoms with Gasteiger partial charge in [0.2, 0.25) is 0 Å². The third kappa shape index (κ3) is 4.05. The molecule has 1 N–H and O–H groups in total. The highest BCUT2D eigenvalue weighted by molar-refractivity contribution is 9.11. The van der Waals surface area contributed by atoms with E-state index in [2.05, 4.69) is 48.7 Å². The number of rotatable bonds is 5. The Morgan fingerprint density at radius 2 is 2.10 bits per heavy atom. The van der Waals surface area contributed by atoms with Gasteiger partial charge in [0.1, 0.15) is 0 Å². The molecule has 0 spiro atoms. The van der Waals surface area contributed by atoms with Gasteiger partial charge >= 0.3 is 5.97 Å². The summed E-state index contributed by atoms with van der Waals surface area (Å²) < 4.78 is 1.94. The number of carboxylic acids is 1. The largest absolute Gasteiger partial charge is 0.481 e. The molecule has 0 aliphatic carbocycles. The molecule has 2 heterocycles. The predicted molar refractivity (Wildman–Crippen MR) is 89.1 cm³/mol. The first kappa shape index (κ1) is 16.9. The van der Waals surface area contributed by atoms with E-state index in [0.717, 1.165) is 60.0 Å². The van der Waals surface area contributed by atoms with Crippen molar-refractivity contribution in [1.82, 2.24) is 9.88 Å². The summed E-state index contributed by atoms with van der Waals surface area (Å²) in [6.07, 6.45) is 4.94. The molecule has 0 radical (unpaired) electrons. The number of hydrogen-bond donors (Lipinski definition) is 1. The summed E-state index contributed by atoms with van der Waals surface area (Å²) >= 11 is 6.93. The van der Waals surface area contributed by atoms with Crippen LogP contribution in [0.3, 0.4) is 0 Å². The second kappa shape index (κ2) is 7.20. The molecule has 2 rings (SSSR count). The zero-order valence-corrected chi connectivity index (χ0v) is 15.3. The number of carboxylic acid groups (broad SMARTS) is 1. The van der Waals surface area contributed by atoms with Crippen molar-refractivity contribution < 1.29 is 9.90 Å². The van der Waals surface area contributed by atoms with Gasteiger partial charge in [-0.2, -0.15) is 0 Å². The molecule has 1 aliphatic heterocycles. The second-order valence-corrected chi connectivity index (χ2v) is 7.46. The zero-order chi connectivity index (χ0) is 15.5. The van der Waals surface area contributed by atoms with Crippen molar-refractivity contribution in [1.29, 1.82) is 0 Å². The van der Waals surface area contributed by atoms with Gasteiger partial charge in [0.25, 0.3) is 0 Å². The number of likely N-dealkylation sites (tertiary alicyclic amines) is 1. The average molecular weight is 420 g/mol. The van der Waals surface area contributed by atoms with Crippen LogP contribution >= 0.6 is 31.9 Å². The number of nitrogens with zero attached hydrogens (tertiary/aromatic N) is 2. The molecular weight excluding hydrogens is 400 g/mol. The van der Waals surface area contributed by atoms with Crippen molar-refractivity contribution in [3.8, 4) is 0 Å². The molecule has 0 atom stereocenters. The summed E-state index contributed by atoms with van der Waals surface area (Å²) in [5.41, 5.74) is 0.479. The molecule has 0 aromatic carbocycles. The molecule has 0 saturated carbocycles. The smallest absolute Gasteiger partial charge is 0.309 e. The summed E-state index contributed by atoms with van der Waals surface area (Å²) in [5, 5.41) is 9.53. The van der Waals surface area contributed by atoms with Gasteiger partial charge < -0.3 is 5.11 Å². The molecule has 1 saturated heterocycles. The molecule has 4 nitrogen and oxygen atoms in total. The second-order valence-electron chi connectivity index (χ2n) is 5.69. The van der Waals surface area contributed by atoms with E-state index in [1.54, 1.807) is 6.20 Å². The van der Waals surface area contributed by atoms with E-state index < -0.39 is 11.4 Å². The van der Waals surface area contributed by atoms with Crippen LogP contribution in [0.1, 0.15) is 38.3 Å². The summed E-state index contributed by atoms with van der Waals surface area (Å²) in [6.45, 7) is 4.45. The minimum absolute atomic E-state index is 0.518. The van der Waals surface area contributed by atoms with Gasteiger partial charge in [-0.25, -0.2) is 0 Å². The lowest BCUT2D eigenvalue weighted by Gasteiger charge is -2.38. The minimum atomic E-state index is -0.632. The Bertz CT molecular complexity index is 514. The molecule has 21 heavy (non-hydrogen) atoms. The van der Waals surface area contributed by atoms with Crippen LogP contribution in [0.25, 0.3) is 0 Å². The van der Waals surface area contributed by atoms with Crippen molar-refractivity contribution >= 4 is 37.8 Å². The van der Waals surface area contributed by atoms with E-state index in [9.17, 15) is 9.90 Å². The van der Waals surface area contributed by atoms with Gasteiger partial charge in [-0.1, -0.05) is 13.3 Å². The maximum Gasteiger partial charge on any atom is 0.309 e. The molecule has 0 unspecified atom stereocenters. The fourth-order valence-electron chi connectivity index (χ4n) is 2.96. The number of aromatic nitrogens is 1. The van der Waals surface area contributed by atoms with Crippen LogP contribution in [-0.2, 0) is 11.3 Å². The highest BCUT2D eigenvalue weighted by Crippen LogP contribution is 2.37. The van der Waals surface area contributed by atoms with Crippen molar-refractivity contribution in [2.24, 2.45) is 5.41 Å². The zero-order valence-electron chi connectivity index (χ0n) is 12.1. The third-order valence-corrected chi connectivity index (χ3v) is 5.37.